The van der Waals surface area contributed by atoms with Gasteiger partial charge in [-0.05, 0) is 26.2 Å². The van der Waals surface area contributed by atoms with Gasteiger partial charge in [0.1, 0.15) is 17.6 Å². The molecule has 3 amide bonds. The summed E-state index contributed by atoms with van der Waals surface area (Å²) in [5, 5.41) is 25.7. The molecule has 13 heteroatoms. The molecule has 1 saturated carbocycles. The second-order valence-electron chi connectivity index (χ2n) is 10.4. The number of carboxylic acid groups (broad SMARTS) is 1. The van der Waals surface area contributed by atoms with Gasteiger partial charge in [-0.25, -0.2) is 14.8 Å². The number of hydrogen-bond acceptors (Lipinski definition) is 9. The number of aliphatic hydroxyl groups is 1. The number of nitrogens with one attached hydrogen (secondary N) is 2. The number of aliphatic carboxylic acids is 1. The number of piperazine rings is 1. The average Bonchev–Trinajstić information content (AvgIpc) is 3.00. The lowest BCUT2D eigenvalue weighted by atomic mass is 9.92. The van der Waals surface area contributed by atoms with Crippen molar-refractivity contribution in [1.29, 1.82) is 0 Å². The summed E-state index contributed by atoms with van der Waals surface area (Å²) in [6.45, 7) is 2.93. The van der Waals surface area contributed by atoms with Crippen molar-refractivity contribution in [2.75, 3.05) is 38.1 Å². The summed E-state index contributed by atoms with van der Waals surface area (Å²) in [6, 6.07) is 9.25. The number of benzene rings is 1. The van der Waals surface area contributed by atoms with E-state index in [0.717, 1.165) is 19.3 Å². The quantitative estimate of drug-likeness (QED) is 0.325. The first-order chi connectivity index (χ1) is 20.2. The van der Waals surface area contributed by atoms with Gasteiger partial charge in [-0.1, -0.05) is 43.2 Å². The minimum atomic E-state index is -1.12. The minimum absolute atomic E-state index is 0.00286. The number of carbonyl (C=O) groups is 4. The van der Waals surface area contributed by atoms with Crippen LogP contribution in [0.2, 0.25) is 0 Å². The molecule has 1 aromatic carbocycles. The molecule has 2 heterocycles. The number of ether oxygens (including phenoxy) is 1. The van der Waals surface area contributed by atoms with Crippen molar-refractivity contribution in [3.8, 4) is 11.4 Å². The maximum atomic E-state index is 13.5. The smallest absolute Gasteiger partial charge is 0.409 e. The molecule has 2 aromatic rings. The number of carboxylic acids is 1. The maximum Gasteiger partial charge on any atom is 0.409 e. The lowest BCUT2D eigenvalue weighted by molar-refractivity contribution is -0.138. The molecule has 2 aliphatic rings. The van der Waals surface area contributed by atoms with E-state index in [4.69, 9.17) is 4.74 Å². The van der Waals surface area contributed by atoms with E-state index in [2.05, 4.69) is 20.6 Å². The van der Waals surface area contributed by atoms with Gasteiger partial charge in [0.05, 0.1) is 18.8 Å². The highest BCUT2D eigenvalue weighted by molar-refractivity contribution is 5.97. The van der Waals surface area contributed by atoms with E-state index in [1.807, 2.05) is 30.3 Å². The van der Waals surface area contributed by atoms with Gasteiger partial charge >= 0.3 is 12.1 Å². The van der Waals surface area contributed by atoms with Crippen molar-refractivity contribution < 1.29 is 34.1 Å². The predicted molar refractivity (Wildman–Crippen MR) is 153 cm³/mol. The molecular weight excluding hydrogens is 544 g/mol. The lowest BCUT2D eigenvalue weighted by Gasteiger charge is -2.35. The van der Waals surface area contributed by atoms with E-state index < -0.39 is 36.0 Å². The zero-order valence-electron chi connectivity index (χ0n) is 23.7. The number of amides is 3. The van der Waals surface area contributed by atoms with Crippen molar-refractivity contribution in [2.45, 2.75) is 63.6 Å². The van der Waals surface area contributed by atoms with Gasteiger partial charge in [0.2, 0.25) is 5.91 Å². The Morgan fingerprint density at radius 3 is 2.38 bits per heavy atom. The van der Waals surface area contributed by atoms with Crippen LogP contribution in [0.15, 0.2) is 36.4 Å². The monoisotopic (exact) mass is 582 g/mol. The summed E-state index contributed by atoms with van der Waals surface area (Å²) in [6.07, 6.45) is 1.87. The minimum Gasteiger partial charge on any atom is -0.481 e. The van der Waals surface area contributed by atoms with Gasteiger partial charge < -0.3 is 35.4 Å². The molecular formula is C29H38N6O7. The molecule has 4 N–H and O–H groups in total. The standard InChI is InChI=1S/C29H38N6O7/c1-2-42-29(41)35-16-14-34(15-17-35)28(40)21(12-13-25(37)38)32-27(39)22-18-24(30-20-10-6-7-11-23(20)36)33-26(31-22)19-8-4-3-5-9-19/h3-5,8-9,18,20-21,23,36H,2,6-7,10-17H2,1H3,(H,32,39)(H,37,38)(H,30,31,33). The molecule has 4 rings (SSSR count). The first kappa shape index (κ1) is 30.7. The molecule has 13 nitrogen and oxygen atoms in total. The third-order valence-corrected chi connectivity index (χ3v) is 7.42. The molecule has 2 fully saturated rings. The van der Waals surface area contributed by atoms with Gasteiger partial charge in [0.25, 0.3) is 5.91 Å². The molecule has 1 aliphatic carbocycles. The van der Waals surface area contributed by atoms with Crippen LogP contribution in [-0.4, -0.2) is 105 Å². The van der Waals surface area contributed by atoms with E-state index in [1.165, 1.54) is 15.9 Å². The molecule has 3 unspecified atom stereocenters. The van der Waals surface area contributed by atoms with Crippen LogP contribution in [0.1, 0.15) is 55.9 Å². The summed E-state index contributed by atoms with van der Waals surface area (Å²) in [5.74, 6) is -1.53. The van der Waals surface area contributed by atoms with Crippen LogP contribution in [0, 0.1) is 0 Å². The van der Waals surface area contributed by atoms with Gasteiger partial charge in [-0.15, -0.1) is 0 Å². The second kappa shape index (κ2) is 14.6. The van der Waals surface area contributed by atoms with Crippen molar-refractivity contribution >= 4 is 29.7 Å². The Kier molecular flexibility index (Phi) is 10.7. The van der Waals surface area contributed by atoms with Crippen molar-refractivity contribution in [2.24, 2.45) is 0 Å². The fraction of sp³-hybridized carbons (Fsp3) is 0.517. The Hall–Kier alpha value is -4.26. The van der Waals surface area contributed by atoms with Crippen LogP contribution in [0.5, 0.6) is 0 Å². The maximum absolute atomic E-state index is 13.5. The van der Waals surface area contributed by atoms with E-state index in [-0.39, 0.29) is 57.4 Å². The Balaban J connectivity index is 1.54. The number of carbonyl (C=O) groups excluding carboxylic acids is 3. The zero-order valence-corrected chi connectivity index (χ0v) is 23.7. The molecule has 1 aromatic heterocycles. The molecule has 0 bridgehead atoms. The lowest BCUT2D eigenvalue weighted by Crippen LogP contribution is -2.56. The SMILES string of the molecule is CCOC(=O)N1CCN(C(=O)C(CCC(=O)O)NC(=O)c2cc(NC3CCCCC3O)nc(-c3ccccc3)n2)CC1. The number of aromatic nitrogens is 2. The van der Waals surface area contributed by atoms with Crippen LogP contribution in [-0.2, 0) is 14.3 Å². The number of rotatable bonds is 10. The average molecular weight is 583 g/mol. The van der Waals surface area contributed by atoms with Crippen LogP contribution in [0.4, 0.5) is 10.6 Å². The third-order valence-electron chi connectivity index (χ3n) is 7.42. The summed E-state index contributed by atoms with van der Waals surface area (Å²) in [5.41, 5.74) is 0.675. The van der Waals surface area contributed by atoms with Gasteiger partial charge in [-0.2, -0.15) is 0 Å². The van der Waals surface area contributed by atoms with Gasteiger partial charge in [-0.3, -0.25) is 14.4 Å². The van der Waals surface area contributed by atoms with E-state index in [1.54, 1.807) is 6.92 Å². The molecule has 0 radical (unpaired) electrons. The highest BCUT2D eigenvalue weighted by Gasteiger charge is 2.31. The molecule has 1 saturated heterocycles. The Morgan fingerprint density at radius 1 is 1.02 bits per heavy atom. The molecule has 42 heavy (non-hydrogen) atoms. The van der Waals surface area contributed by atoms with Gasteiger partial charge in [0, 0.05) is 44.2 Å². The summed E-state index contributed by atoms with van der Waals surface area (Å²) in [4.78, 5) is 62.4. The Bertz CT molecular complexity index is 1250. The highest BCUT2D eigenvalue weighted by atomic mass is 16.6. The first-order valence-corrected chi connectivity index (χ1v) is 14.4. The normalized spacial score (nSPS) is 19.5. The van der Waals surface area contributed by atoms with Crippen molar-refractivity contribution in [3.05, 3.63) is 42.1 Å². The largest absolute Gasteiger partial charge is 0.481 e. The van der Waals surface area contributed by atoms with Gasteiger partial charge in [0.15, 0.2) is 5.82 Å². The van der Waals surface area contributed by atoms with Crippen LogP contribution in [0.3, 0.4) is 0 Å². The van der Waals surface area contributed by atoms with Crippen LogP contribution < -0.4 is 10.6 Å². The first-order valence-electron chi connectivity index (χ1n) is 14.4. The summed E-state index contributed by atoms with van der Waals surface area (Å²) in [7, 11) is 0. The molecule has 226 valence electrons. The Labute approximate surface area is 244 Å². The van der Waals surface area contributed by atoms with E-state index in [9.17, 15) is 29.4 Å². The molecule has 1 aliphatic heterocycles. The third kappa shape index (κ3) is 8.15. The van der Waals surface area contributed by atoms with Crippen molar-refractivity contribution in [1.82, 2.24) is 25.1 Å². The summed E-state index contributed by atoms with van der Waals surface area (Å²) >= 11 is 0. The highest BCUT2D eigenvalue weighted by Crippen LogP contribution is 2.24. The summed E-state index contributed by atoms with van der Waals surface area (Å²) < 4.78 is 5.03. The topological polar surface area (TPSA) is 174 Å². The van der Waals surface area contributed by atoms with Crippen LogP contribution >= 0.6 is 0 Å². The fourth-order valence-electron chi connectivity index (χ4n) is 5.13. The number of anilines is 1. The van der Waals surface area contributed by atoms with Crippen molar-refractivity contribution in [3.63, 3.8) is 0 Å². The number of aliphatic hydroxyl groups excluding tert-OH is 1. The second-order valence-corrected chi connectivity index (χ2v) is 10.4. The zero-order chi connectivity index (χ0) is 30.1. The van der Waals surface area contributed by atoms with E-state index >= 15 is 0 Å². The number of nitrogens with zero attached hydrogens (tertiary/aromatic N) is 4. The Morgan fingerprint density at radius 2 is 1.71 bits per heavy atom. The fourth-order valence-corrected chi connectivity index (χ4v) is 5.13. The molecule has 3 atom stereocenters. The van der Waals surface area contributed by atoms with Crippen LogP contribution in [0.25, 0.3) is 11.4 Å². The molecule has 0 spiro atoms. The predicted octanol–water partition coefficient (Wildman–Crippen LogP) is 2.12. The van der Waals surface area contributed by atoms with E-state index in [0.29, 0.717) is 23.6 Å². The number of hydrogen-bond donors (Lipinski definition) is 4.